The minimum Gasteiger partial charge on any atom is -0.477 e. The summed E-state index contributed by atoms with van der Waals surface area (Å²) >= 11 is 5.36. The van der Waals surface area contributed by atoms with Crippen molar-refractivity contribution in [1.82, 2.24) is 9.29 Å². The van der Waals surface area contributed by atoms with Gasteiger partial charge in [0.05, 0.1) is 21.5 Å². The first-order valence-electron chi connectivity index (χ1n) is 5.18. The first kappa shape index (κ1) is 15.6. The molecule has 2 aromatic heterocycles. The van der Waals surface area contributed by atoms with Gasteiger partial charge in [-0.2, -0.15) is 4.31 Å². The van der Waals surface area contributed by atoms with Crippen molar-refractivity contribution in [2.45, 2.75) is 11.4 Å². The fourth-order valence-electron chi connectivity index (χ4n) is 1.43. The number of rotatable bonds is 5. The van der Waals surface area contributed by atoms with Gasteiger partial charge in [-0.15, -0.1) is 22.7 Å². The molecule has 2 aromatic rings. The molecule has 108 valence electrons. The molecule has 0 aliphatic carbocycles. The van der Waals surface area contributed by atoms with Crippen LogP contribution < -0.4 is 0 Å². The van der Waals surface area contributed by atoms with Crippen molar-refractivity contribution < 1.29 is 18.3 Å². The van der Waals surface area contributed by atoms with Crippen LogP contribution in [0.4, 0.5) is 0 Å². The molecule has 0 spiro atoms. The van der Waals surface area contributed by atoms with Crippen molar-refractivity contribution in [1.29, 1.82) is 0 Å². The Morgan fingerprint density at radius 1 is 1.55 bits per heavy atom. The molecule has 2 heterocycles. The monoisotopic (exact) mass is 396 g/mol. The molecule has 0 fully saturated rings. The van der Waals surface area contributed by atoms with E-state index >= 15 is 0 Å². The summed E-state index contributed by atoms with van der Waals surface area (Å²) in [4.78, 5) is 14.8. The number of carbonyl (C=O) groups is 1. The molecule has 0 aromatic carbocycles. The number of aromatic nitrogens is 1. The molecule has 6 nitrogen and oxygen atoms in total. The van der Waals surface area contributed by atoms with E-state index < -0.39 is 16.0 Å². The number of nitrogens with zero attached hydrogens (tertiary/aromatic N) is 2. The van der Waals surface area contributed by atoms with Crippen LogP contribution in [0, 0.1) is 0 Å². The maximum Gasteiger partial charge on any atom is 0.345 e. The third-order valence-electron chi connectivity index (χ3n) is 2.42. The van der Waals surface area contributed by atoms with Crippen LogP contribution in [-0.2, 0) is 16.6 Å². The van der Waals surface area contributed by atoms with Crippen LogP contribution in [0.2, 0.25) is 0 Å². The lowest BCUT2D eigenvalue weighted by Crippen LogP contribution is -2.26. The van der Waals surface area contributed by atoms with Gasteiger partial charge in [0.25, 0.3) is 0 Å². The summed E-state index contributed by atoms with van der Waals surface area (Å²) in [5.41, 5.74) is 2.27. The second-order valence-corrected chi connectivity index (χ2v) is 8.90. The zero-order chi connectivity index (χ0) is 14.9. The number of hydrogen-bond donors (Lipinski definition) is 1. The van der Waals surface area contributed by atoms with Crippen LogP contribution in [0.15, 0.2) is 25.6 Å². The van der Waals surface area contributed by atoms with Gasteiger partial charge in [-0.1, -0.05) is 0 Å². The van der Waals surface area contributed by atoms with E-state index in [-0.39, 0.29) is 20.1 Å². The Morgan fingerprint density at radius 2 is 2.25 bits per heavy atom. The maximum absolute atomic E-state index is 12.4. The summed E-state index contributed by atoms with van der Waals surface area (Å²) in [6.45, 7) is 0.135. The smallest absolute Gasteiger partial charge is 0.345 e. The average molecular weight is 397 g/mol. The molecule has 0 saturated heterocycles. The maximum atomic E-state index is 12.4. The van der Waals surface area contributed by atoms with Crippen LogP contribution in [0.5, 0.6) is 0 Å². The molecule has 0 amide bonds. The molecule has 0 atom stereocenters. The summed E-state index contributed by atoms with van der Waals surface area (Å²) in [7, 11) is -2.33. The lowest BCUT2D eigenvalue weighted by molar-refractivity contribution is 0.0702. The molecule has 0 radical (unpaired) electrons. The zero-order valence-electron chi connectivity index (χ0n) is 10.1. The molecule has 10 heteroatoms. The number of thiophene rings is 1. The topological polar surface area (TPSA) is 87.6 Å². The van der Waals surface area contributed by atoms with Gasteiger partial charge in [-0.25, -0.2) is 18.2 Å². The standard InChI is InChI=1S/C10H9BrN2O4S3/c1-13(3-6-4-18-5-12-6)20(16,17)8-2-7(10(14)15)19-9(8)11/h2,4-5H,3H2,1H3,(H,14,15). The Bertz CT molecular complexity index is 724. The van der Waals surface area contributed by atoms with Gasteiger partial charge in [-0.05, 0) is 22.0 Å². The summed E-state index contributed by atoms with van der Waals surface area (Å²) in [5.74, 6) is -1.15. The van der Waals surface area contributed by atoms with E-state index in [9.17, 15) is 13.2 Å². The van der Waals surface area contributed by atoms with Gasteiger partial charge < -0.3 is 5.11 Å². The molecule has 0 aliphatic rings. The Labute approximate surface area is 131 Å². The van der Waals surface area contributed by atoms with Crippen molar-refractivity contribution >= 4 is 54.6 Å². The summed E-state index contributed by atoms with van der Waals surface area (Å²) in [6.07, 6.45) is 0. The predicted octanol–water partition coefficient (Wildman–Crippen LogP) is 2.49. The first-order valence-corrected chi connectivity index (χ1v) is 9.17. The van der Waals surface area contributed by atoms with E-state index in [1.54, 1.807) is 10.9 Å². The number of halogens is 1. The lowest BCUT2D eigenvalue weighted by atomic mass is 10.5. The Kier molecular flexibility index (Phi) is 4.59. The average Bonchev–Trinajstić information content (AvgIpc) is 2.98. The van der Waals surface area contributed by atoms with Crippen LogP contribution in [0.1, 0.15) is 15.4 Å². The van der Waals surface area contributed by atoms with E-state index in [1.165, 1.54) is 18.4 Å². The van der Waals surface area contributed by atoms with E-state index in [0.29, 0.717) is 5.69 Å². The number of thiazole rings is 1. The number of hydrogen-bond acceptors (Lipinski definition) is 6. The van der Waals surface area contributed by atoms with Crippen LogP contribution in [0.25, 0.3) is 0 Å². The SMILES string of the molecule is CN(Cc1cscn1)S(=O)(=O)c1cc(C(=O)O)sc1Br. The van der Waals surface area contributed by atoms with Gasteiger partial charge in [0.2, 0.25) is 10.0 Å². The molecule has 0 saturated carbocycles. The molecule has 2 rings (SSSR count). The second-order valence-electron chi connectivity index (χ2n) is 3.79. The molecular formula is C10H9BrN2O4S3. The molecule has 20 heavy (non-hydrogen) atoms. The Balaban J connectivity index is 2.32. The van der Waals surface area contributed by atoms with Gasteiger partial charge in [-0.3, -0.25) is 0 Å². The van der Waals surface area contributed by atoms with E-state index in [1.807, 2.05) is 0 Å². The minimum absolute atomic E-state index is 0.0301. The van der Waals surface area contributed by atoms with Gasteiger partial charge in [0.1, 0.15) is 9.77 Å². The molecule has 0 unspecified atom stereocenters. The molecule has 0 aliphatic heterocycles. The van der Waals surface area contributed by atoms with Gasteiger partial charge in [0, 0.05) is 12.4 Å². The van der Waals surface area contributed by atoms with Crippen molar-refractivity contribution in [3.63, 3.8) is 0 Å². The van der Waals surface area contributed by atoms with E-state index in [0.717, 1.165) is 21.7 Å². The van der Waals surface area contributed by atoms with Crippen LogP contribution >= 0.6 is 38.6 Å². The van der Waals surface area contributed by atoms with Crippen molar-refractivity contribution in [3.8, 4) is 0 Å². The summed E-state index contributed by atoms with van der Waals surface area (Å²) in [6, 6.07) is 1.16. The van der Waals surface area contributed by atoms with Crippen molar-refractivity contribution in [2.24, 2.45) is 0 Å². The molecule has 1 N–H and O–H groups in total. The third-order valence-corrected chi connectivity index (χ3v) is 7.10. The highest BCUT2D eigenvalue weighted by molar-refractivity contribution is 9.11. The summed E-state index contributed by atoms with van der Waals surface area (Å²) < 4.78 is 26.2. The molecular weight excluding hydrogens is 388 g/mol. The third kappa shape index (κ3) is 3.09. The first-order chi connectivity index (χ1) is 9.32. The number of carboxylic acid groups (broad SMARTS) is 1. The van der Waals surface area contributed by atoms with Crippen LogP contribution in [0.3, 0.4) is 0 Å². The number of sulfonamides is 1. The number of carboxylic acids is 1. The predicted molar refractivity (Wildman–Crippen MR) is 79.7 cm³/mol. The fourth-order valence-corrected chi connectivity index (χ4v) is 5.47. The summed E-state index contributed by atoms with van der Waals surface area (Å²) in [5, 5.41) is 10.7. The van der Waals surface area contributed by atoms with E-state index in [4.69, 9.17) is 5.11 Å². The molecule has 0 bridgehead atoms. The number of aromatic carboxylic acids is 1. The van der Waals surface area contributed by atoms with Crippen LogP contribution in [-0.4, -0.2) is 35.8 Å². The van der Waals surface area contributed by atoms with Gasteiger partial charge >= 0.3 is 5.97 Å². The highest BCUT2D eigenvalue weighted by Crippen LogP contribution is 2.33. The zero-order valence-corrected chi connectivity index (χ0v) is 14.1. The van der Waals surface area contributed by atoms with E-state index in [2.05, 4.69) is 20.9 Å². The minimum atomic E-state index is -3.76. The van der Waals surface area contributed by atoms with Crippen molar-refractivity contribution in [2.75, 3.05) is 7.05 Å². The second kappa shape index (κ2) is 5.90. The van der Waals surface area contributed by atoms with Crippen molar-refractivity contribution in [3.05, 3.63) is 31.3 Å². The highest BCUT2D eigenvalue weighted by atomic mass is 79.9. The lowest BCUT2D eigenvalue weighted by Gasteiger charge is -2.15. The normalized spacial score (nSPS) is 11.9. The fraction of sp³-hybridized carbons (Fsp3) is 0.200. The quantitative estimate of drug-likeness (QED) is 0.838. The Morgan fingerprint density at radius 3 is 2.75 bits per heavy atom. The van der Waals surface area contributed by atoms with Gasteiger partial charge in [0.15, 0.2) is 0 Å². The Hall–Kier alpha value is -0.810. The largest absolute Gasteiger partial charge is 0.477 e. The highest BCUT2D eigenvalue weighted by Gasteiger charge is 2.27.